The van der Waals surface area contributed by atoms with E-state index in [2.05, 4.69) is 16.4 Å². The third kappa shape index (κ3) is 3.63. The second-order valence-corrected chi connectivity index (χ2v) is 7.25. The number of carbonyl (C=O) groups excluding carboxylic acids is 2. The van der Waals surface area contributed by atoms with Crippen molar-refractivity contribution in [2.45, 2.75) is 32.7 Å². The van der Waals surface area contributed by atoms with Gasteiger partial charge in [0.2, 0.25) is 0 Å². The third-order valence-electron chi connectivity index (χ3n) is 5.31. The summed E-state index contributed by atoms with van der Waals surface area (Å²) in [6, 6.07) is 18.9. The molecule has 0 saturated heterocycles. The maximum absolute atomic E-state index is 13.2. The van der Waals surface area contributed by atoms with Gasteiger partial charge in [-0.05, 0) is 55.2 Å². The summed E-state index contributed by atoms with van der Waals surface area (Å²) in [5.74, 6) is -0.441. The number of carbonyl (C=O) groups is 2. The lowest BCUT2D eigenvalue weighted by Gasteiger charge is -2.23. The van der Waals surface area contributed by atoms with E-state index in [1.807, 2.05) is 56.3 Å². The molecule has 1 aliphatic heterocycles. The predicted octanol–water partition coefficient (Wildman–Crippen LogP) is 4.49. The minimum absolute atomic E-state index is 0.0711. The molecule has 2 heterocycles. The number of aromatic nitrogens is 1. The molecule has 1 atom stereocenters. The van der Waals surface area contributed by atoms with Gasteiger partial charge < -0.3 is 10.2 Å². The van der Waals surface area contributed by atoms with Crippen LogP contribution >= 0.6 is 0 Å². The van der Waals surface area contributed by atoms with Gasteiger partial charge >= 0.3 is 0 Å². The molecule has 3 aromatic rings. The summed E-state index contributed by atoms with van der Waals surface area (Å²) in [5.41, 5.74) is 4.59. The van der Waals surface area contributed by atoms with Crippen molar-refractivity contribution in [1.82, 2.24) is 4.98 Å². The average molecular weight is 385 g/mol. The number of aryl methyl sites for hydroxylation is 1. The SMILES string of the molecule is CCc1ccccc1NC(=O)c1cc(C(=O)N2c3ccccc3CC2C)ccn1. The van der Waals surface area contributed by atoms with Crippen molar-refractivity contribution in [1.29, 1.82) is 0 Å². The van der Waals surface area contributed by atoms with Gasteiger partial charge in [0, 0.05) is 29.2 Å². The summed E-state index contributed by atoms with van der Waals surface area (Å²) >= 11 is 0. The fourth-order valence-corrected chi connectivity index (χ4v) is 3.84. The van der Waals surface area contributed by atoms with Gasteiger partial charge in [-0.25, -0.2) is 0 Å². The van der Waals surface area contributed by atoms with Gasteiger partial charge in [0.05, 0.1) is 0 Å². The number of anilines is 2. The first-order valence-electron chi connectivity index (χ1n) is 9.85. The quantitative estimate of drug-likeness (QED) is 0.720. The van der Waals surface area contributed by atoms with E-state index >= 15 is 0 Å². The fourth-order valence-electron chi connectivity index (χ4n) is 3.84. The van der Waals surface area contributed by atoms with Gasteiger partial charge in [0.15, 0.2) is 0 Å². The maximum Gasteiger partial charge on any atom is 0.274 e. The van der Waals surface area contributed by atoms with Gasteiger partial charge in [-0.1, -0.05) is 43.3 Å². The Kier molecular flexibility index (Phi) is 5.12. The van der Waals surface area contributed by atoms with E-state index in [0.717, 1.165) is 35.3 Å². The number of para-hydroxylation sites is 2. The van der Waals surface area contributed by atoms with Gasteiger partial charge in [-0.15, -0.1) is 0 Å². The first-order chi connectivity index (χ1) is 14.1. The lowest BCUT2D eigenvalue weighted by atomic mass is 10.1. The molecule has 146 valence electrons. The van der Waals surface area contributed by atoms with Crippen LogP contribution in [0.1, 0.15) is 45.8 Å². The molecule has 2 amide bonds. The highest BCUT2D eigenvalue weighted by Gasteiger charge is 2.31. The first kappa shape index (κ1) is 18.9. The monoisotopic (exact) mass is 385 g/mol. The van der Waals surface area contributed by atoms with Gasteiger partial charge in [0.25, 0.3) is 11.8 Å². The lowest BCUT2D eigenvalue weighted by Crippen LogP contribution is -2.35. The van der Waals surface area contributed by atoms with Crippen LogP contribution in [0, 0.1) is 0 Å². The third-order valence-corrected chi connectivity index (χ3v) is 5.31. The zero-order valence-electron chi connectivity index (χ0n) is 16.6. The van der Waals surface area contributed by atoms with Gasteiger partial charge in [0.1, 0.15) is 5.69 Å². The summed E-state index contributed by atoms with van der Waals surface area (Å²) in [6.07, 6.45) is 3.16. The van der Waals surface area contributed by atoms with Crippen LogP contribution in [0.5, 0.6) is 0 Å². The highest BCUT2D eigenvalue weighted by atomic mass is 16.2. The molecular weight excluding hydrogens is 362 g/mol. The largest absolute Gasteiger partial charge is 0.320 e. The van der Waals surface area contributed by atoms with Crippen LogP contribution in [0.3, 0.4) is 0 Å². The zero-order valence-corrected chi connectivity index (χ0v) is 16.6. The lowest BCUT2D eigenvalue weighted by molar-refractivity contribution is 0.0981. The molecule has 0 bridgehead atoms. The summed E-state index contributed by atoms with van der Waals surface area (Å²) in [4.78, 5) is 31.9. The van der Waals surface area contributed by atoms with Crippen LogP contribution in [0.25, 0.3) is 0 Å². The first-order valence-corrected chi connectivity index (χ1v) is 9.85. The van der Waals surface area contributed by atoms with E-state index in [1.54, 1.807) is 17.0 Å². The Labute approximate surface area is 170 Å². The van der Waals surface area contributed by atoms with Crippen LogP contribution in [0.2, 0.25) is 0 Å². The number of nitrogens with one attached hydrogen (secondary N) is 1. The van der Waals surface area contributed by atoms with E-state index < -0.39 is 0 Å². The molecular formula is C24H23N3O2. The van der Waals surface area contributed by atoms with E-state index in [9.17, 15) is 9.59 Å². The zero-order chi connectivity index (χ0) is 20.4. The Balaban J connectivity index is 1.59. The molecule has 2 aromatic carbocycles. The second kappa shape index (κ2) is 7.87. The van der Waals surface area contributed by atoms with Crippen molar-refractivity contribution in [3.8, 4) is 0 Å². The molecule has 0 radical (unpaired) electrons. The van der Waals surface area contributed by atoms with E-state index in [-0.39, 0.29) is 23.6 Å². The number of hydrogen-bond donors (Lipinski definition) is 1. The van der Waals surface area contributed by atoms with Crippen LogP contribution in [0.15, 0.2) is 66.9 Å². The molecule has 0 spiro atoms. The number of rotatable bonds is 4. The van der Waals surface area contributed by atoms with Crippen LogP contribution in [0.4, 0.5) is 11.4 Å². The second-order valence-electron chi connectivity index (χ2n) is 7.25. The number of nitrogens with zero attached hydrogens (tertiary/aromatic N) is 2. The Hall–Kier alpha value is -3.47. The molecule has 1 aromatic heterocycles. The van der Waals surface area contributed by atoms with E-state index in [0.29, 0.717) is 5.56 Å². The summed E-state index contributed by atoms with van der Waals surface area (Å²) in [5, 5.41) is 2.91. The summed E-state index contributed by atoms with van der Waals surface area (Å²) < 4.78 is 0. The Morgan fingerprint density at radius 1 is 1.10 bits per heavy atom. The fraction of sp³-hybridized carbons (Fsp3) is 0.208. The van der Waals surface area contributed by atoms with Crippen LogP contribution in [-0.4, -0.2) is 22.8 Å². The number of pyridine rings is 1. The van der Waals surface area contributed by atoms with Gasteiger partial charge in [-0.3, -0.25) is 14.6 Å². The Morgan fingerprint density at radius 2 is 1.86 bits per heavy atom. The molecule has 0 saturated carbocycles. The number of hydrogen-bond acceptors (Lipinski definition) is 3. The molecule has 4 rings (SSSR count). The van der Waals surface area contributed by atoms with Crippen LogP contribution < -0.4 is 10.2 Å². The van der Waals surface area contributed by atoms with E-state index in [1.165, 1.54) is 6.20 Å². The number of amides is 2. The topological polar surface area (TPSA) is 62.3 Å². The molecule has 1 unspecified atom stereocenters. The van der Waals surface area contributed by atoms with E-state index in [4.69, 9.17) is 0 Å². The molecule has 29 heavy (non-hydrogen) atoms. The molecule has 0 aliphatic carbocycles. The highest BCUT2D eigenvalue weighted by Crippen LogP contribution is 2.33. The molecule has 5 heteroatoms. The Bertz CT molecular complexity index is 1080. The normalized spacial score (nSPS) is 15.1. The van der Waals surface area contributed by atoms with Crippen molar-refractivity contribution in [3.63, 3.8) is 0 Å². The summed E-state index contributed by atoms with van der Waals surface area (Å²) in [7, 11) is 0. The van der Waals surface area contributed by atoms with Crippen molar-refractivity contribution < 1.29 is 9.59 Å². The number of fused-ring (bicyclic) bond motifs is 1. The molecule has 5 nitrogen and oxygen atoms in total. The van der Waals surface area contributed by atoms with Crippen LogP contribution in [-0.2, 0) is 12.8 Å². The highest BCUT2D eigenvalue weighted by molar-refractivity contribution is 6.10. The summed E-state index contributed by atoms with van der Waals surface area (Å²) in [6.45, 7) is 4.08. The standard InChI is InChI=1S/C24H23N3O2/c1-3-17-8-4-6-10-20(17)26-23(28)21-15-19(12-13-25-21)24(29)27-16(2)14-18-9-5-7-11-22(18)27/h4-13,15-16H,3,14H2,1-2H3,(H,26,28). The number of benzene rings is 2. The van der Waals surface area contributed by atoms with Crippen molar-refractivity contribution in [2.24, 2.45) is 0 Å². The predicted molar refractivity (Wildman–Crippen MR) is 114 cm³/mol. The smallest absolute Gasteiger partial charge is 0.274 e. The molecule has 1 N–H and O–H groups in total. The van der Waals surface area contributed by atoms with Crippen molar-refractivity contribution in [2.75, 3.05) is 10.2 Å². The molecule has 0 fully saturated rings. The molecule has 1 aliphatic rings. The maximum atomic E-state index is 13.2. The van der Waals surface area contributed by atoms with Crippen molar-refractivity contribution >= 4 is 23.2 Å². The van der Waals surface area contributed by atoms with Gasteiger partial charge in [-0.2, -0.15) is 0 Å². The van der Waals surface area contributed by atoms with Crippen molar-refractivity contribution in [3.05, 3.63) is 89.2 Å². The Morgan fingerprint density at radius 3 is 2.69 bits per heavy atom. The minimum Gasteiger partial charge on any atom is -0.320 e. The minimum atomic E-state index is -0.324. The average Bonchev–Trinajstić information content (AvgIpc) is 3.09.